The Hall–Kier alpha value is -1.92. The van der Waals surface area contributed by atoms with Crippen molar-refractivity contribution in [3.63, 3.8) is 0 Å². The minimum Gasteiger partial charge on any atom is -0.466 e. The highest BCUT2D eigenvalue weighted by Crippen LogP contribution is 2.20. The number of nitrogens with one attached hydrogen (secondary N) is 1. The van der Waals surface area contributed by atoms with E-state index in [4.69, 9.17) is 4.74 Å². The molecule has 6 heteroatoms. The Morgan fingerprint density at radius 1 is 0.322 bits per heavy atom. The third kappa shape index (κ3) is 73.0. The number of rotatable bonds is 75. The molecule has 0 rings (SSSR count). The van der Waals surface area contributed by atoms with Gasteiger partial charge in [0, 0.05) is 12.8 Å². The Morgan fingerprint density at radius 3 is 0.897 bits per heavy atom. The molecule has 6 nitrogen and oxygen atoms in total. The molecular formula is C81H155NO5. The summed E-state index contributed by atoms with van der Waals surface area (Å²) < 4.78 is 5.51. The van der Waals surface area contributed by atoms with Gasteiger partial charge in [-0.3, -0.25) is 9.59 Å². The number of carbonyl (C=O) groups is 2. The second kappa shape index (κ2) is 76.5. The van der Waals surface area contributed by atoms with Gasteiger partial charge in [-0.25, -0.2) is 0 Å². The zero-order valence-electron chi connectivity index (χ0n) is 59.0. The van der Waals surface area contributed by atoms with E-state index in [1.165, 1.54) is 366 Å². The molecule has 0 radical (unpaired) electrons. The second-order valence-corrected chi connectivity index (χ2v) is 27.4. The van der Waals surface area contributed by atoms with Gasteiger partial charge in [0.25, 0.3) is 0 Å². The minimum atomic E-state index is -0.844. The van der Waals surface area contributed by atoms with Crippen LogP contribution in [-0.4, -0.2) is 47.4 Å². The number of amides is 1. The first kappa shape index (κ1) is 85.1. The molecule has 2 unspecified atom stereocenters. The van der Waals surface area contributed by atoms with E-state index in [0.29, 0.717) is 19.4 Å². The highest BCUT2D eigenvalue weighted by Gasteiger charge is 2.18. The summed E-state index contributed by atoms with van der Waals surface area (Å²) in [5.41, 5.74) is 0. The maximum absolute atomic E-state index is 12.6. The van der Waals surface area contributed by atoms with Crippen LogP contribution in [0.2, 0.25) is 0 Å². The molecule has 0 saturated heterocycles. The van der Waals surface area contributed by atoms with E-state index in [-0.39, 0.29) is 18.5 Å². The first-order chi connectivity index (χ1) is 43.0. The van der Waals surface area contributed by atoms with Gasteiger partial charge in [0.2, 0.25) is 5.91 Å². The molecule has 514 valence electrons. The van der Waals surface area contributed by atoms with Gasteiger partial charge in [0.05, 0.1) is 25.4 Å². The fourth-order valence-corrected chi connectivity index (χ4v) is 12.6. The van der Waals surface area contributed by atoms with Gasteiger partial charge in [-0.2, -0.15) is 0 Å². The normalized spacial score (nSPS) is 12.6. The van der Waals surface area contributed by atoms with Gasteiger partial charge < -0.3 is 20.3 Å². The van der Waals surface area contributed by atoms with E-state index in [1.54, 1.807) is 6.08 Å². The largest absolute Gasteiger partial charge is 0.466 e. The number of hydrogen-bond donors (Lipinski definition) is 3. The third-order valence-electron chi connectivity index (χ3n) is 18.7. The zero-order chi connectivity index (χ0) is 62.8. The number of hydrogen-bond acceptors (Lipinski definition) is 5. The number of aliphatic hydroxyl groups is 2. The fourth-order valence-electron chi connectivity index (χ4n) is 12.6. The average Bonchev–Trinajstić information content (AvgIpc) is 3.57. The first-order valence-electron chi connectivity index (χ1n) is 39.8. The third-order valence-corrected chi connectivity index (χ3v) is 18.7. The van der Waals surface area contributed by atoms with Crippen molar-refractivity contribution in [1.82, 2.24) is 5.32 Å². The van der Waals surface area contributed by atoms with Crippen molar-refractivity contribution in [3.8, 4) is 0 Å². The number of allylic oxidation sites excluding steroid dienone is 5. The van der Waals surface area contributed by atoms with Crippen LogP contribution in [0.5, 0.6) is 0 Å². The second-order valence-electron chi connectivity index (χ2n) is 27.4. The Morgan fingerprint density at radius 2 is 0.575 bits per heavy atom. The molecule has 87 heavy (non-hydrogen) atoms. The molecule has 0 aliphatic rings. The summed E-state index contributed by atoms with van der Waals surface area (Å²) in [6.07, 6.45) is 99.8. The van der Waals surface area contributed by atoms with E-state index in [9.17, 15) is 19.8 Å². The molecule has 2 atom stereocenters. The molecule has 0 heterocycles. The van der Waals surface area contributed by atoms with Gasteiger partial charge in [0.1, 0.15) is 0 Å². The van der Waals surface area contributed by atoms with Crippen molar-refractivity contribution in [2.24, 2.45) is 0 Å². The van der Waals surface area contributed by atoms with Crippen LogP contribution in [0.25, 0.3) is 0 Å². The molecule has 0 aromatic rings. The topological polar surface area (TPSA) is 95.9 Å². The van der Waals surface area contributed by atoms with Crippen LogP contribution < -0.4 is 5.32 Å². The molecule has 0 fully saturated rings. The SMILES string of the molecule is CCCCC/C=C\C/C=C\CCCCCCCCCC(=O)OCCCCCCCCCCCCCCCCCCCCCCCCCCCCCCCC(=O)NC(CO)C(O)/C=C/CCCCCCCCCCCCCCCCCCCCCCCC. The lowest BCUT2D eigenvalue weighted by Gasteiger charge is -2.20. The fraction of sp³-hybridized carbons (Fsp3) is 0.901. The van der Waals surface area contributed by atoms with Gasteiger partial charge in [-0.15, -0.1) is 0 Å². The molecule has 0 aromatic heterocycles. The zero-order valence-corrected chi connectivity index (χ0v) is 59.0. The van der Waals surface area contributed by atoms with Gasteiger partial charge in [0.15, 0.2) is 0 Å². The van der Waals surface area contributed by atoms with Crippen LogP contribution in [0.1, 0.15) is 444 Å². The molecule has 0 saturated carbocycles. The molecule has 0 aliphatic heterocycles. The highest BCUT2D eigenvalue weighted by molar-refractivity contribution is 5.76. The number of unbranched alkanes of at least 4 members (excludes halogenated alkanes) is 60. The number of ether oxygens (including phenoxy) is 1. The van der Waals surface area contributed by atoms with Crippen LogP contribution in [0.3, 0.4) is 0 Å². The number of carbonyl (C=O) groups excluding carboxylic acids is 2. The van der Waals surface area contributed by atoms with Crippen LogP contribution in [-0.2, 0) is 14.3 Å². The highest BCUT2D eigenvalue weighted by atomic mass is 16.5. The van der Waals surface area contributed by atoms with Crippen molar-refractivity contribution in [2.45, 2.75) is 456 Å². The Balaban J connectivity index is 3.36. The maximum Gasteiger partial charge on any atom is 0.305 e. The van der Waals surface area contributed by atoms with Crippen molar-refractivity contribution < 1.29 is 24.5 Å². The lowest BCUT2D eigenvalue weighted by Crippen LogP contribution is -2.45. The van der Waals surface area contributed by atoms with E-state index in [0.717, 1.165) is 51.4 Å². The average molecular weight is 1220 g/mol. The quantitative estimate of drug-likeness (QED) is 0.0320. The van der Waals surface area contributed by atoms with Crippen molar-refractivity contribution in [2.75, 3.05) is 13.2 Å². The Kier molecular flexibility index (Phi) is 74.8. The molecule has 0 bridgehead atoms. The van der Waals surface area contributed by atoms with Crippen molar-refractivity contribution >= 4 is 11.9 Å². The summed E-state index contributed by atoms with van der Waals surface area (Å²) in [7, 11) is 0. The molecule has 0 aromatic carbocycles. The smallest absolute Gasteiger partial charge is 0.305 e. The van der Waals surface area contributed by atoms with E-state index >= 15 is 0 Å². The lowest BCUT2D eigenvalue weighted by atomic mass is 10.0. The Bertz CT molecular complexity index is 1410. The van der Waals surface area contributed by atoms with Crippen LogP contribution in [0.15, 0.2) is 36.5 Å². The van der Waals surface area contributed by atoms with Crippen LogP contribution in [0.4, 0.5) is 0 Å². The molecule has 1 amide bonds. The predicted molar refractivity (Wildman–Crippen MR) is 384 cm³/mol. The molecule has 3 N–H and O–H groups in total. The van der Waals surface area contributed by atoms with Gasteiger partial charge in [-0.05, 0) is 64.2 Å². The maximum atomic E-state index is 12.6. The summed E-state index contributed by atoms with van der Waals surface area (Å²) >= 11 is 0. The summed E-state index contributed by atoms with van der Waals surface area (Å²) in [5.74, 6) is -0.0473. The molecule has 0 aliphatic carbocycles. The van der Waals surface area contributed by atoms with Gasteiger partial charge >= 0.3 is 5.97 Å². The Labute approximate surface area is 544 Å². The van der Waals surface area contributed by atoms with E-state index in [2.05, 4.69) is 43.5 Å². The van der Waals surface area contributed by atoms with E-state index < -0.39 is 12.1 Å². The standard InChI is InChI=1S/C81H155NO5/c1-3-5-7-9-11-13-15-17-19-21-22-23-24-32-35-38-42-45-49-53-57-61-65-69-73-79(84)78(77-83)82-80(85)74-70-66-62-58-54-50-46-43-39-36-33-30-28-26-25-27-29-31-34-37-40-44-48-52-56-60-64-68-72-76-87-81(86)75-71-67-63-59-55-51-47-41-20-18-16-14-12-10-8-6-4-2/h12,14,18,20,69,73,78-79,83-84H,3-11,13,15-17,19,21-68,70-72,74-77H2,1-2H3,(H,82,85)/b14-12-,20-18-,73-69+. The molecule has 0 spiro atoms. The predicted octanol–water partition coefficient (Wildman–Crippen LogP) is 26.2. The first-order valence-corrected chi connectivity index (χ1v) is 39.8. The number of aliphatic hydroxyl groups excluding tert-OH is 2. The summed E-state index contributed by atoms with van der Waals surface area (Å²) in [5, 5.41) is 23.3. The lowest BCUT2D eigenvalue weighted by molar-refractivity contribution is -0.143. The van der Waals surface area contributed by atoms with Crippen molar-refractivity contribution in [1.29, 1.82) is 0 Å². The van der Waals surface area contributed by atoms with Gasteiger partial charge in [-0.1, -0.05) is 403 Å². The summed E-state index contributed by atoms with van der Waals surface area (Å²) in [6.45, 7) is 4.93. The van der Waals surface area contributed by atoms with Crippen molar-refractivity contribution in [3.05, 3.63) is 36.5 Å². The summed E-state index contributed by atoms with van der Waals surface area (Å²) in [4.78, 5) is 24.7. The summed E-state index contributed by atoms with van der Waals surface area (Å²) in [6, 6.07) is -0.627. The molecular weight excluding hydrogens is 1070 g/mol. The van der Waals surface area contributed by atoms with Crippen LogP contribution in [0, 0.1) is 0 Å². The van der Waals surface area contributed by atoms with E-state index in [1.807, 2.05) is 6.08 Å². The monoisotopic (exact) mass is 1220 g/mol. The van der Waals surface area contributed by atoms with Crippen LogP contribution >= 0.6 is 0 Å². The number of esters is 1. The minimum absolute atomic E-state index is 0.0122.